The van der Waals surface area contributed by atoms with Crippen molar-refractivity contribution < 1.29 is 9.90 Å². The van der Waals surface area contributed by atoms with Crippen LogP contribution < -0.4 is 11.3 Å². The molecule has 1 rings (SSSR count). The number of aliphatic hydroxyl groups is 1. The van der Waals surface area contributed by atoms with E-state index in [1.807, 2.05) is 0 Å². The number of hydrogen-bond donors (Lipinski definition) is 3. The van der Waals surface area contributed by atoms with Crippen molar-refractivity contribution in [3.8, 4) is 0 Å². The van der Waals surface area contributed by atoms with Crippen molar-refractivity contribution in [3.05, 3.63) is 0 Å². The molecule has 4 nitrogen and oxygen atoms in total. The minimum atomic E-state index is -0.368. The van der Waals surface area contributed by atoms with Crippen LogP contribution in [-0.4, -0.2) is 17.1 Å². The van der Waals surface area contributed by atoms with Gasteiger partial charge in [0.05, 0.1) is 6.10 Å². The maximum atomic E-state index is 12.0. The van der Waals surface area contributed by atoms with E-state index in [4.69, 9.17) is 5.84 Å². The van der Waals surface area contributed by atoms with Crippen LogP contribution in [-0.2, 0) is 4.79 Å². The SMILES string of the molecule is CCCCCCC[C@@H](O)C[C@@H](CC1CCCCC1)C(=O)NN. The summed E-state index contributed by atoms with van der Waals surface area (Å²) in [5, 5.41) is 10.2. The van der Waals surface area contributed by atoms with Gasteiger partial charge < -0.3 is 5.11 Å². The average Bonchev–Trinajstić information content (AvgIpc) is 2.54. The van der Waals surface area contributed by atoms with Gasteiger partial charge in [0, 0.05) is 5.92 Å². The number of amides is 1. The number of hydrazine groups is 1. The molecular weight excluding hydrogens is 276 g/mol. The molecule has 0 aliphatic heterocycles. The highest BCUT2D eigenvalue weighted by molar-refractivity contribution is 5.77. The van der Waals surface area contributed by atoms with Gasteiger partial charge in [-0.2, -0.15) is 0 Å². The van der Waals surface area contributed by atoms with Crippen molar-refractivity contribution in [2.45, 2.75) is 96.5 Å². The van der Waals surface area contributed by atoms with E-state index >= 15 is 0 Å². The fourth-order valence-corrected chi connectivity index (χ4v) is 3.68. The van der Waals surface area contributed by atoms with Crippen LogP contribution in [0, 0.1) is 11.8 Å². The lowest BCUT2D eigenvalue weighted by Crippen LogP contribution is -2.38. The topological polar surface area (TPSA) is 75.3 Å². The molecule has 0 aromatic carbocycles. The molecule has 1 saturated carbocycles. The highest BCUT2D eigenvalue weighted by atomic mass is 16.3. The smallest absolute Gasteiger partial charge is 0.237 e. The van der Waals surface area contributed by atoms with Gasteiger partial charge in [-0.3, -0.25) is 10.2 Å². The zero-order chi connectivity index (χ0) is 16.2. The van der Waals surface area contributed by atoms with Crippen molar-refractivity contribution >= 4 is 5.91 Å². The Labute approximate surface area is 136 Å². The Bertz CT molecular complexity index is 291. The predicted octanol–water partition coefficient (Wildman–Crippen LogP) is 3.67. The van der Waals surface area contributed by atoms with Crippen LogP contribution >= 0.6 is 0 Å². The van der Waals surface area contributed by atoms with Gasteiger partial charge in [0.25, 0.3) is 0 Å². The summed E-state index contributed by atoms with van der Waals surface area (Å²) in [6.07, 6.45) is 14.2. The minimum Gasteiger partial charge on any atom is -0.393 e. The van der Waals surface area contributed by atoms with E-state index in [0.717, 1.165) is 19.3 Å². The molecule has 4 N–H and O–H groups in total. The van der Waals surface area contributed by atoms with Crippen LogP contribution in [0.2, 0.25) is 0 Å². The number of nitrogens with two attached hydrogens (primary N) is 1. The molecule has 0 radical (unpaired) electrons. The van der Waals surface area contributed by atoms with Gasteiger partial charge in [-0.1, -0.05) is 71.1 Å². The Balaban J connectivity index is 2.31. The summed E-state index contributed by atoms with van der Waals surface area (Å²) in [6.45, 7) is 2.20. The molecule has 0 spiro atoms. The molecule has 4 heteroatoms. The summed E-state index contributed by atoms with van der Waals surface area (Å²) in [5.41, 5.74) is 2.29. The number of hydrogen-bond acceptors (Lipinski definition) is 3. The molecule has 1 aliphatic carbocycles. The Morgan fingerprint density at radius 3 is 2.50 bits per heavy atom. The van der Waals surface area contributed by atoms with Gasteiger partial charge in [-0.25, -0.2) is 5.84 Å². The fraction of sp³-hybridized carbons (Fsp3) is 0.944. The molecule has 1 aliphatic rings. The third-order valence-electron chi connectivity index (χ3n) is 5.05. The lowest BCUT2D eigenvalue weighted by atomic mass is 9.80. The summed E-state index contributed by atoms with van der Waals surface area (Å²) in [5.74, 6) is 5.73. The maximum Gasteiger partial charge on any atom is 0.237 e. The Morgan fingerprint density at radius 1 is 1.18 bits per heavy atom. The zero-order valence-electron chi connectivity index (χ0n) is 14.4. The highest BCUT2D eigenvalue weighted by Crippen LogP contribution is 2.31. The summed E-state index contributed by atoms with van der Waals surface area (Å²) < 4.78 is 0. The largest absolute Gasteiger partial charge is 0.393 e. The van der Waals surface area contributed by atoms with Crippen LogP contribution in [0.3, 0.4) is 0 Å². The lowest BCUT2D eigenvalue weighted by Gasteiger charge is -2.26. The first-order chi connectivity index (χ1) is 10.7. The molecule has 0 bridgehead atoms. The van der Waals surface area contributed by atoms with Gasteiger partial charge in [0.15, 0.2) is 0 Å². The number of aliphatic hydroxyl groups excluding tert-OH is 1. The maximum absolute atomic E-state index is 12.0. The van der Waals surface area contributed by atoms with Gasteiger partial charge in [-0.05, 0) is 25.2 Å². The normalized spacial score (nSPS) is 18.9. The number of nitrogens with one attached hydrogen (secondary N) is 1. The molecular formula is C18H36N2O2. The van der Waals surface area contributed by atoms with Crippen LogP contribution in [0.25, 0.3) is 0 Å². The second-order valence-electron chi connectivity index (χ2n) is 7.04. The van der Waals surface area contributed by atoms with Crippen LogP contribution in [0.15, 0.2) is 0 Å². The van der Waals surface area contributed by atoms with E-state index in [1.165, 1.54) is 57.8 Å². The van der Waals surface area contributed by atoms with Crippen molar-refractivity contribution in [3.63, 3.8) is 0 Å². The van der Waals surface area contributed by atoms with E-state index in [2.05, 4.69) is 12.3 Å². The molecule has 0 saturated heterocycles. The fourth-order valence-electron chi connectivity index (χ4n) is 3.68. The molecule has 1 fully saturated rings. The van der Waals surface area contributed by atoms with Crippen molar-refractivity contribution in [2.24, 2.45) is 17.7 Å². The quantitative estimate of drug-likeness (QED) is 0.236. The Morgan fingerprint density at radius 2 is 1.86 bits per heavy atom. The van der Waals surface area contributed by atoms with Crippen LogP contribution in [0.1, 0.15) is 90.4 Å². The van der Waals surface area contributed by atoms with Crippen LogP contribution in [0.5, 0.6) is 0 Å². The van der Waals surface area contributed by atoms with E-state index in [9.17, 15) is 9.90 Å². The van der Waals surface area contributed by atoms with E-state index in [1.54, 1.807) is 0 Å². The molecule has 0 heterocycles. The molecule has 1 amide bonds. The van der Waals surface area contributed by atoms with Crippen molar-refractivity contribution in [2.75, 3.05) is 0 Å². The van der Waals surface area contributed by atoms with Crippen molar-refractivity contribution in [1.29, 1.82) is 0 Å². The Kier molecular flexibility index (Phi) is 10.5. The van der Waals surface area contributed by atoms with Gasteiger partial charge in [0.2, 0.25) is 5.91 Å². The third kappa shape index (κ3) is 8.14. The predicted molar refractivity (Wildman–Crippen MR) is 91.0 cm³/mol. The van der Waals surface area contributed by atoms with Crippen LogP contribution in [0.4, 0.5) is 0 Å². The van der Waals surface area contributed by atoms with Crippen molar-refractivity contribution in [1.82, 2.24) is 5.43 Å². The standard InChI is InChI=1S/C18H36N2O2/c1-2-3-4-5-9-12-17(21)14-16(18(22)20-19)13-15-10-7-6-8-11-15/h15-17,21H,2-14,19H2,1H3,(H,20,22)/t16-,17-/m1/s1. The third-order valence-corrected chi connectivity index (χ3v) is 5.05. The van der Waals surface area contributed by atoms with E-state index < -0.39 is 0 Å². The molecule has 0 unspecified atom stereocenters. The molecule has 0 aromatic heterocycles. The molecule has 0 aromatic rings. The number of carbonyl (C=O) groups is 1. The van der Waals surface area contributed by atoms with E-state index in [0.29, 0.717) is 12.3 Å². The summed E-state index contributed by atoms with van der Waals surface area (Å²) >= 11 is 0. The lowest BCUT2D eigenvalue weighted by molar-refractivity contribution is -0.126. The number of unbranched alkanes of at least 4 members (excludes halogenated alkanes) is 4. The number of rotatable bonds is 11. The zero-order valence-corrected chi connectivity index (χ0v) is 14.4. The van der Waals surface area contributed by atoms with E-state index in [-0.39, 0.29) is 17.9 Å². The summed E-state index contributed by atoms with van der Waals surface area (Å²) in [6, 6.07) is 0. The molecule has 2 atom stereocenters. The molecule has 130 valence electrons. The first-order valence-corrected chi connectivity index (χ1v) is 9.35. The second-order valence-corrected chi connectivity index (χ2v) is 7.04. The molecule has 22 heavy (non-hydrogen) atoms. The average molecular weight is 312 g/mol. The summed E-state index contributed by atoms with van der Waals surface area (Å²) in [4.78, 5) is 12.0. The second kappa shape index (κ2) is 11.9. The first kappa shape index (κ1) is 19.4. The summed E-state index contributed by atoms with van der Waals surface area (Å²) in [7, 11) is 0. The first-order valence-electron chi connectivity index (χ1n) is 9.35. The Hall–Kier alpha value is -0.610. The highest BCUT2D eigenvalue weighted by Gasteiger charge is 2.26. The van der Waals surface area contributed by atoms with Gasteiger partial charge >= 0.3 is 0 Å². The minimum absolute atomic E-state index is 0.101. The number of carbonyl (C=O) groups excluding carboxylic acids is 1. The monoisotopic (exact) mass is 312 g/mol. The van der Waals surface area contributed by atoms with Gasteiger partial charge in [-0.15, -0.1) is 0 Å². The van der Waals surface area contributed by atoms with Gasteiger partial charge in [0.1, 0.15) is 0 Å².